The Morgan fingerprint density at radius 3 is 1.62 bits per heavy atom. The van der Waals surface area contributed by atoms with E-state index in [1.807, 2.05) is 18.2 Å². The average Bonchev–Trinajstić information content (AvgIpc) is 3.14. The largest absolute Gasteiger partial charge is 0.247 e. The molecule has 9 aromatic rings. The van der Waals surface area contributed by atoms with Crippen molar-refractivity contribution in [2.24, 2.45) is 0 Å². The van der Waals surface area contributed by atoms with Crippen LogP contribution >= 0.6 is 0 Å². The summed E-state index contributed by atoms with van der Waals surface area (Å²) in [6.45, 7) is 0. The van der Waals surface area contributed by atoms with E-state index in [9.17, 15) is 4.39 Å². The molecule has 0 fully saturated rings. The molecule has 0 spiro atoms. The maximum absolute atomic E-state index is 13.9. The second kappa shape index (κ2) is 11.0. The minimum atomic E-state index is -0.256. The third-order valence-electron chi connectivity index (χ3n) is 9.32. The molecule has 2 heteroatoms. The molecule has 0 aliphatic carbocycles. The number of hydrogen-bond donors (Lipinski definition) is 0. The summed E-state index contributed by atoms with van der Waals surface area (Å²) in [4.78, 5) is 5.12. The Kier molecular flexibility index (Phi) is 6.39. The molecule has 0 saturated heterocycles. The summed E-state index contributed by atoms with van der Waals surface area (Å²) in [5.41, 5.74) is 9.73. The number of fused-ring (bicyclic) bond motifs is 6. The second-order valence-corrected chi connectivity index (χ2v) is 12.1. The number of hydrogen-bond acceptors (Lipinski definition) is 1. The van der Waals surface area contributed by atoms with Crippen LogP contribution in [0.2, 0.25) is 0 Å². The molecule has 0 amide bonds. The van der Waals surface area contributed by atoms with Gasteiger partial charge in [0.15, 0.2) is 0 Å². The van der Waals surface area contributed by atoms with Gasteiger partial charge in [0.05, 0.1) is 11.2 Å². The van der Waals surface area contributed by atoms with Crippen molar-refractivity contribution in [3.8, 4) is 44.6 Å². The standard InChI is InChI=1S/C45H28FN/c46-37-25-23-34(24-26-37)45-42-28-41(38-9-3-4-10-39(38)44(42)40-11-5-6-12-43(40)47-45)33-20-17-31(18-21-33)30-13-15-32(16-14-30)36-22-19-29-7-1-2-8-35(29)27-36/h1-28H. The van der Waals surface area contributed by atoms with Crippen molar-refractivity contribution in [1.29, 1.82) is 0 Å². The maximum atomic E-state index is 13.9. The molecule has 0 bridgehead atoms. The third kappa shape index (κ3) is 4.74. The quantitative estimate of drug-likeness (QED) is 0.183. The van der Waals surface area contributed by atoms with E-state index in [2.05, 4.69) is 140 Å². The highest BCUT2D eigenvalue weighted by atomic mass is 19.1. The molecule has 1 aromatic heterocycles. The smallest absolute Gasteiger partial charge is 0.123 e. The molecule has 1 nitrogen and oxygen atoms in total. The van der Waals surface area contributed by atoms with E-state index in [1.54, 1.807) is 0 Å². The van der Waals surface area contributed by atoms with Gasteiger partial charge in [-0.2, -0.15) is 0 Å². The lowest BCUT2D eigenvalue weighted by molar-refractivity contribution is 0.628. The molecule has 8 aromatic carbocycles. The van der Waals surface area contributed by atoms with E-state index in [0.717, 1.165) is 44.1 Å². The molecular weight excluding hydrogens is 574 g/mol. The molecule has 1 heterocycles. The summed E-state index contributed by atoms with van der Waals surface area (Å²) < 4.78 is 13.9. The fourth-order valence-corrected chi connectivity index (χ4v) is 6.95. The molecule has 0 unspecified atom stereocenters. The highest BCUT2D eigenvalue weighted by Crippen LogP contribution is 2.42. The van der Waals surface area contributed by atoms with Crippen LogP contribution in [0.3, 0.4) is 0 Å². The van der Waals surface area contributed by atoms with Crippen LogP contribution in [0.25, 0.3) is 87.9 Å². The Morgan fingerprint density at radius 2 is 0.894 bits per heavy atom. The minimum Gasteiger partial charge on any atom is -0.247 e. The zero-order chi connectivity index (χ0) is 31.3. The topological polar surface area (TPSA) is 12.9 Å². The summed E-state index contributed by atoms with van der Waals surface area (Å²) in [7, 11) is 0. The van der Waals surface area contributed by atoms with Gasteiger partial charge in [0.2, 0.25) is 0 Å². The zero-order valence-electron chi connectivity index (χ0n) is 25.5. The number of rotatable bonds is 4. The number of pyridine rings is 1. The fraction of sp³-hybridized carbons (Fsp3) is 0. The number of benzene rings is 8. The summed E-state index contributed by atoms with van der Waals surface area (Å²) in [6, 6.07) is 58.6. The van der Waals surface area contributed by atoms with Crippen LogP contribution in [0, 0.1) is 5.82 Å². The summed E-state index contributed by atoms with van der Waals surface area (Å²) in [5.74, 6) is -0.256. The molecule has 0 aliphatic heterocycles. The summed E-state index contributed by atoms with van der Waals surface area (Å²) in [6.07, 6.45) is 0. The van der Waals surface area contributed by atoms with Crippen LogP contribution in [0.5, 0.6) is 0 Å². The van der Waals surface area contributed by atoms with E-state index in [4.69, 9.17) is 4.98 Å². The predicted molar refractivity (Wildman–Crippen MR) is 196 cm³/mol. The Bertz CT molecular complexity index is 2600. The fourth-order valence-electron chi connectivity index (χ4n) is 6.95. The SMILES string of the molecule is Fc1ccc(-c2nc3ccccc3c3c2cc(-c2ccc(-c4ccc(-c5ccc6ccccc6c5)cc4)cc2)c2ccccc23)cc1. The maximum Gasteiger partial charge on any atom is 0.123 e. The van der Waals surface area contributed by atoms with Gasteiger partial charge in [0, 0.05) is 21.7 Å². The van der Waals surface area contributed by atoms with Crippen molar-refractivity contribution >= 4 is 43.2 Å². The van der Waals surface area contributed by atoms with Gasteiger partial charge in [-0.25, -0.2) is 9.37 Å². The first-order chi connectivity index (χ1) is 23.2. The van der Waals surface area contributed by atoms with Crippen LogP contribution in [0.1, 0.15) is 0 Å². The van der Waals surface area contributed by atoms with Crippen molar-refractivity contribution in [3.63, 3.8) is 0 Å². The van der Waals surface area contributed by atoms with Gasteiger partial charge < -0.3 is 0 Å². The Balaban J connectivity index is 1.15. The zero-order valence-corrected chi connectivity index (χ0v) is 25.5. The number of halogens is 1. The lowest BCUT2D eigenvalue weighted by Crippen LogP contribution is -1.93. The van der Waals surface area contributed by atoms with Crippen molar-refractivity contribution < 1.29 is 4.39 Å². The van der Waals surface area contributed by atoms with Crippen LogP contribution < -0.4 is 0 Å². The Hall–Kier alpha value is -6.12. The first-order valence-corrected chi connectivity index (χ1v) is 15.9. The molecule has 0 saturated carbocycles. The van der Waals surface area contributed by atoms with Gasteiger partial charge in [-0.05, 0) is 97.4 Å². The normalized spacial score (nSPS) is 11.5. The Labute approximate surface area is 272 Å². The van der Waals surface area contributed by atoms with Crippen LogP contribution in [-0.4, -0.2) is 4.98 Å². The van der Waals surface area contributed by atoms with Crippen LogP contribution in [0.15, 0.2) is 170 Å². The predicted octanol–water partition coefficient (Wildman–Crippen LogP) is 12.5. The second-order valence-electron chi connectivity index (χ2n) is 12.1. The van der Waals surface area contributed by atoms with Gasteiger partial charge in [0.1, 0.15) is 5.82 Å². The van der Waals surface area contributed by atoms with Crippen LogP contribution in [-0.2, 0) is 0 Å². The van der Waals surface area contributed by atoms with Gasteiger partial charge in [-0.15, -0.1) is 0 Å². The van der Waals surface area contributed by atoms with Gasteiger partial charge in [-0.3, -0.25) is 0 Å². The first kappa shape index (κ1) is 27.2. The van der Waals surface area contributed by atoms with Crippen molar-refractivity contribution in [2.75, 3.05) is 0 Å². The van der Waals surface area contributed by atoms with Gasteiger partial charge in [0.25, 0.3) is 0 Å². The lowest BCUT2D eigenvalue weighted by atomic mass is 9.89. The van der Waals surface area contributed by atoms with Crippen molar-refractivity contribution in [2.45, 2.75) is 0 Å². The van der Waals surface area contributed by atoms with E-state index >= 15 is 0 Å². The first-order valence-electron chi connectivity index (χ1n) is 15.9. The monoisotopic (exact) mass is 601 g/mol. The number of aromatic nitrogens is 1. The number of para-hydroxylation sites is 1. The lowest BCUT2D eigenvalue weighted by Gasteiger charge is -2.16. The van der Waals surface area contributed by atoms with Gasteiger partial charge in [-0.1, -0.05) is 127 Å². The molecular formula is C45H28FN. The van der Waals surface area contributed by atoms with E-state index in [0.29, 0.717) is 0 Å². The molecule has 0 N–H and O–H groups in total. The van der Waals surface area contributed by atoms with E-state index in [1.165, 1.54) is 55.9 Å². The van der Waals surface area contributed by atoms with Crippen molar-refractivity contribution in [3.05, 3.63) is 176 Å². The van der Waals surface area contributed by atoms with E-state index in [-0.39, 0.29) is 5.82 Å². The minimum absolute atomic E-state index is 0.256. The van der Waals surface area contributed by atoms with Gasteiger partial charge >= 0.3 is 0 Å². The van der Waals surface area contributed by atoms with Crippen molar-refractivity contribution in [1.82, 2.24) is 4.98 Å². The molecule has 0 radical (unpaired) electrons. The highest BCUT2D eigenvalue weighted by Gasteiger charge is 2.16. The van der Waals surface area contributed by atoms with Crippen LogP contribution in [0.4, 0.5) is 4.39 Å². The molecule has 47 heavy (non-hydrogen) atoms. The molecule has 220 valence electrons. The summed E-state index contributed by atoms with van der Waals surface area (Å²) in [5, 5.41) is 8.20. The third-order valence-corrected chi connectivity index (χ3v) is 9.32. The van der Waals surface area contributed by atoms with E-state index < -0.39 is 0 Å². The molecule has 0 aliphatic rings. The Morgan fingerprint density at radius 1 is 0.362 bits per heavy atom. The molecule has 0 atom stereocenters. The highest BCUT2D eigenvalue weighted by molar-refractivity contribution is 6.25. The summed E-state index contributed by atoms with van der Waals surface area (Å²) >= 11 is 0. The number of nitrogens with zero attached hydrogens (tertiary/aromatic N) is 1. The molecule has 9 rings (SSSR count). The average molecular weight is 602 g/mol.